The molecule has 2 aliphatic rings. The summed E-state index contributed by atoms with van der Waals surface area (Å²) in [5.41, 5.74) is -0.143. The lowest BCUT2D eigenvalue weighted by Gasteiger charge is -2.37. The molecule has 176 valence electrons. The highest BCUT2D eigenvalue weighted by atomic mass is 32.2. The summed E-state index contributed by atoms with van der Waals surface area (Å²) in [4.78, 5) is 3.96. The number of ether oxygens (including phenoxy) is 1. The number of thiophene rings is 1. The molecule has 0 aliphatic carbocycles. The van der Waals surface area contributed by atoms with Gasteiger partial charge in [0.2, 0.25) is 10.0 Å². The molecular formula is C20H24F3N3O4S2. The Kier molecular flexibility index (Phi) is 6.80. The fourth-order valence-corrected chi connectivity index (χ4v) is 6.19. The number of aliphatic hydroxyl groups is 1. The van der Waals surface area contributed by atoms with E-state index in [1.807, 2.05) is 4.90 Å². The van der Waals surface area contributed by atoms with Crippen LogP contribution in [0.3, 0.4) is 0 Å². The Hall–Kier alpha value is -1.70. The van der Waals surface area contributed by atoms with Crippen LogP contribution in [0.4, 0.5) is 18.9 Å². The van der Waals surface area contributed by atoms with Crippen molar-refractivity contribution in [3.8, 4) is 0 Å². The first kappa shape index (κ1) is 23.5. The summed E-state index contributed by atoms with van der Waals surface area (Å²) >= 11 is 1.10. The van der Waals surface area contributed by atoms with Gasteiger partial charge in [-0.05, 0) is 29.6 Å². The number of hydrogen-bond donors (Lipinski definition) is 2. The minimum atomic E-state index is -4.38. The molecule has 1 aromatic heterocycles. The van der Waals surface area contributed by atoms with Crippen LogP contribution in [0, 0.1) is 0 Å². The molecule has 0 radical (unpaired) electrons. The van der Waals surface area contributed by atoms with Gasteiger partial charge in [0, 0.05) is 38.4 Å². The molecule has 2 aliphatic heterocycles. The van der Waals surface area contributed by atoms with Crippen molar-refractivity contribution in [2.24, 2.45) is 0 Å². The molecule has 0 spiro atoms. The van der Waals surface area contributed by atoms with Gasteiger partial charge in [-0.2, -0.15) is 13.2 Å². The molecule has 4 rings (SSSR count). The fourth-order valence-electron chi connectivity index (χ4n) is 3.94. The lowest BCUT2D eigenvalue weighted by Crippen LogP contribution is -2.51. The lowest BCUT2D eigenvalue weighted by molar-refractivity contribution is -0.137. The van der Waals surface area contributed by atoms with Crippen LogP contribution < -0.4 is 9.62 Å². The van der Waals surface area contributed by atoms with E-state index in [1.165, 1.54) is 12.1 Å². The minimum Gasteiger partial charge on any atom is -0.389 e. The van der Waals surface area contributed by atoms with Crippen LogP contribution >= 0.6 is 11.3 Å². The monoisotopic (exact) mass is 491 g/mol. The van der Waals surface area contributed by atoms with E-state index in [4.69, 9.17) is 4.74 Å². The van der Waals surface area contributed by atoms with Crippen LogP contribution in [0.25, 0.3) is 0 Å². The van der Waals surface area contributed by atoms with Crippen LogP contribution in [0.1, 0.15) is 5.56 Å². The SMILES string of the molecule is O=S(=O)(N[C@H]1CO[C@@H](CN2CCN(c3cccc(C(F)(F)F)c3)CC2)[C@@H]1O)c1cccs1. The number of aliphatic hydroxyl groups excluding tert-OH is 1. The topological polar surface area (TPSA) is 82.1 Å². The maximum Gasteiger partial charge on any atom is 0.416 e. The van der Waals surface area contributed by atoms with Gasteiger partial charge >= 0.3 is 6.18 Å². The van der Waals surface area contributed by atoms with E-state index >= 15 is 0 Å². The van der Waals surface area contributed by atoms with Crippen LogP contribution in [0.5, 0.6) is 0 Å². The smallest absolute Gasteiger partial charge is 0.389 e. The van der Waals surface area contributed by atoms with E-state index < -0.39 is 40.0 Å². The van der Waals surface area contributed by atoms with Crippen molar-refractivity contribution in [1.29, 1.82) is 0 Å². The van der Waals surface area contributed by atoms with Gasteiger partial charge in [0.25, 0.3) is 0 Å². The van der Waals surface area contributed by atoms with Gasteiger partial charge in [-0.3, -0.25) is 4.90 Å². The fraction of sp³-hybridized carbons (Fsp3) is 0.500. The third-order valence-corrected chi connectivity index (χ3v) is 8.59. The number of hydrogen-bond acceptors (Lipinski definition) is 7. The molecule has 2 N–H and O–H groups in total. The number of sulfonamides is 1. The average molecular weight is 492 g/mol. The van der Waals surface area contributed by atoms with Crippen molar-refractivity contribution in [1.82, 2.24) is 9.62 Å². The Labute approximate surface area is 188 Å². The third kappa shape index (κ3) is 5.26. The molecule has 2 aromatic rings. The van der Waals surface area contributed by atoms with Crippen molar-refractivity contribution in [3.05, 3.63) is 47.3 Å². The van der Waals surface area contributed by atoms with Crippen LogP contribution in [-0.4, -0.2) is 76.0 Å². The molecule has 32 heavy (non-hydrogen) atoms. The Balaban J connectivity index is 1.29. The maximum atomic E-state index is 13.0. The Morgan fingerprint density at radius 3 is 2.56 bits per heavy atom. The van der Waals surface area contributed by atoms with Crippen molar-refractivity contribution < 1.29 is 31.4 Å². The number of rotatable bonds is 6. The molecule has 3 atom stereocenters. The van der Waals surface area contributed by atoms with Crippen molar-refractivity contribution in [2.45, 2.75) is 28.6 Å². The summed E-state index contributed by atoms with van der Waals surface area (Å²) in [5.74, 6) is 0. The zero-order valence-corrected chi connectivity index (χ0v) is 18.7. The van der Waals surface area contributed by atoms with Gasteiger partial charge in [-0.1, -0.05) is 12.1 Å². The van der Waals surface area contributed by atoms with E-state index in [9.17, 15) is 26.7 Å². The molecule has 12 heteroatoms. The number of halogens is 3. The van der Waals surface area contributed by atoms with E-state index in [-0.39, 0.29) is 10.8 Å². The summed E-state index contributed by atoms with van der Waals surface area (Å²) in [6.45, 7) is 2.75. The number of nitrogens with one attached hydrogen (secondary N) is 1. The molecule has 7 nitrogen and oxygen atoms in total. The van der Waals surface area contributed by atoms with Crippen LogP contribution in [0.15, 0.2) is 46.0 Å². The summed E-state index contributed by atoms with van der Waals surface area (Å²) in [5, 5.41) is 12.2. The molecule has 3 heterocycles. The highest BCUT2D eigenvalue weighted by Crippen LogP contribution is 2.32. The summed E-state index contributed by atoms with van der Waals surface area (Å²) in [6, 6.07) is 7.69. The standard InChI is InChI=1S/C20H24F3N3O4S2/c21-20(22,23)14-3-1-4-15(11-14)26-8-6-25(7-9-26)12-17-19(27)16(13-30-17)24-32(28,29)18-5-2-10-31-18/h1-5,10-11,16-17,19,24,27H,6-9,12-13H2/t16-,17-,19+/m0/s1. The molecule has 2 fully saturated rings. The van der Waals surface area contributed by atoms with Crippen LogP contribution in [0.2, 0.25) is 0 Å². The van der Waals surface area contributed by atoms with E-state index in [2.05, 4.69) is 9.62 Å². The number of alkyl halides is 3. The van der Waals surface area contributed by atoms with Gasteiger partial charge in [0.15, 0.2) is 0 Å². The predicted octanol–water partition coefficient (Wildman–Crippen LogP) is 2.00. The molecule has 0 unspecified atom stereocenters. The second kappa shape index (κ2) is 9.27. The predicted molar refractivity (Wildman–Crippen MR) is 114 cm³/mol. The molecule has 0 bridgehead atoms. The number of nitrogens with zero attached hydrogens (tertiary/aromatic N) is 2. The normalized spacial score (nSPS) is 25.4. The van der Waals surface area contributed by atoms with Crippen molar-refractivity contribution >= 4 is 27.0 Å². The van der Waals surface area contributed by atoms with Gasteiger partial charge < -0.3 is 14.7 Å². The summed E-state index contributed by atoms with van der Waals surface area (Å²) < 4.78 is 72.0. The second-order valence-electron chi connectivity index (χ2n) is 7.86. The summed E-state index contributed by atoms with van der Waals surface area (Å²) in [6.07, 6.45) is -5.92. The quantitative estimate of drug-likeness (QED) is 0.644. The van der Waals surface area contributed by atoms with Gasteiger partial charge in [-0.15, -0.1) is 11.3 Å². The first-order valence-corrected chi connectivity index (χ1v) is 12.5. The lowest BCUT2D eigenvalue weighted by atomic mass is 10.1. The maximum absolute atomic E-state index is 13.0. The number of anilines is 1. The first-order valence-electron chi connectivity index (χ1n) is 10.1. The molecular weight excluding hydrogens is 467 g/mol. The Morgan fingerprint density at radius 1 is 1.16 bits per heavy atom. The van der Waals surface area contributed by atoms with Gasteiger partial charge in [0.05, 0.1) is 30.4 Å². The Morgan fingerprint density at radius 2 is 1.91 bits per heavy atom. The second-order valence-corrected chi connectivity index (χ2v) is 10.7. The highest BCUT2D eigenvalue weighted by Gasteiger charge is 2.39. The van der Waals surface area contributed by atoms with Crippen molar-refractivity contribution in [3.63, 3.8) is 0 Å². The average Bonchev–Trinajstić information content (AvgIpc) is 3.41. The van der Waals surface area contributed by atoms with E-state index in [1.54, 1.807) is 17.5 Å². The highest BCUT2D eigenvalue weighted by molar-refractivity contribution is 7.91. The zero-order valence-electron chi connectivity index (χ0n) is 17.0. The van der Waals surface area contributed by atoms with Gasteiger partial charge in [-0.25, -0.2) is 13.1 Å². The minimum absolute atomic E-state index is 0.0701. The summed E-state index contributed by atoms with van der Waals surface area (Å²) in [7, 11) is -3.71. The number of benzene rings is 1. The number of piperazine rings is 1. The van der Waals surface area contributed by atoms with E-state index in [0.29, 0.717) is 38.4 Å². The van der Waals surface area contributed by atoms with Gasteiger partial charge in [0.1, 0.15) is 4.21 Å². The largest absolute Gasteiger partial charge is 0.416 e. The van der Waals surface area contributed by atoms with Crippen LogP contribution in [-0.2, 0) is 20.9 Å². The zero-order chi connectivity index (χ0) is 22.9. The molecule has 0 amide bonds. The molecule has 2 saturated heterocycles. The third-order valence-electron chi connectivity index (χ3n) is 5.70. The molecule has 0 saturated carbocycles. The van der Waals surface area contributed by atoms with Crippen molar-refractivity contribution in [2.75, 3.05) is 44.2 Å². The molecule has 1 aromatic carbocycles. The first-order chi connectivity index (χ1) is 15.1. The Bertz CT molecular complexity index is 1010. The van der Waals surface area contributed by atoms with E-state index in [0.717, 1.165) is 23.5 Å².